The van der Waals surface area contributed by atoms with Crippen LogP contribution in [-0.2, 0) is 16.6 Å². The summed E-state index contributed by atoms with van der Waals surface area (Å²) in [5, 5.41) is 10.1. The molecular formula is C13H22N4O2. The van der Waals surface area contributed by atoms with Crippen molar-refractivity contribution in [3.8, 4) is 0 Å². The van der Waals surface area contributed by atoms with Gasteiger partial charge >= 0.3 is 0 Å². The molecule has 0 aliphatic carbocycles. The van der Waals surface area contributed by atoms with E-state index in [2.05, 4.69) is 15.7 Å². The normalized spacial score (nSPS) is 21.1. The second kappa shape index (κ2) is 6.68. The van der Waals surface area contributed by atoms with Gasteiger partial charge in [-0.25, -0.2) is 0 Å². The van der Waals surface area contributed by atoms with Crippen LogP contribution in [0, 0.1) is 0 Å². The molecule has 19 heavy (non-hydrogen) atoms. The fraction of sp³-hybridized carbons (Fsp3) is 0.692. The van der Waals surface area contributed by atoms with Gasteiger partial charge in [0.05, 0.1) is 12.3 Å². The molecule has 2 N–H and O–H groups in total. The summed E-state index contributed by atoms with van der Waals surface area (Å²) in [4.78, 5) is 12.2. The Morgan fingerprint density at radius 1 is 1.63 bits per heavy atom. The lowest BCUT2D eigenvalue weighted by Gasteiger charge is -2.23. The minimum Gasteiger partial charge on any atom is -0.376 e. The number of carbonyl (C=O) groups is 1. The minimum absolute atomic E-state index is 0.0373. The van der Waals surface area contributed by atoms with E-state index in [4.69, 9.17) is 4.74 Å². The Morgan fingerprint density at radius 3 is 3.05 bits per heavy atom. The van der Waals surface area contributed by atoms with E-state index in [0.717, 1.165) is 25.0 Å². The number of nitrogens with one attached hydrogen (secondary N) is 2. The topological polar surface area (TPSA) is 68.2 Å². The highest BCUT2D eigenvalue weighted by Crippen LogP contribution is 2.13. The van der Waals surface area contributed by atoms with E-state index in [9.17, 15) is 4.79 Å². The van der Waals surface area contributed by atoms with Gasteiger partial charge in [0.1, 0.15) is 6.04 Å². The maximum absolute atomic E-state index is 12.2. The highest BCUT2D eigenvalue weighted by Gasteiger charge is 2.21. The molecule has 2 heterocycles. The Balaban J connectivity index is 1.86. The van der Waals surface area contributed by atoms with Crippen LogP contribution in [0.3, 0.4) is 0 Å². The molecule has 0 spiro atoms. The first-order chi connectivity index (χ1) is 9.20. The summed E-state index contributed by atoms with van der Waals surface area (Å²) in [6, 6.07) is -0.364. The molecule has 1 saturated heterocycles. The van der Waals surface area contributed by atoms with E-state index in [0.29, 0.717) is 6.54 Å². The molecule has 1 aliphatic heterocycles. The SMILES string of the molecule is CNC(C(=O)NCC1CCCCO1)c1cnn(C)c1. The van der Waals surface area contributed by atoms with Gasteiger partial charge in [0, 0.05) is 32.0 Å². The second-order valence-corrected chi connectivity index (χ2v) is 4.90. The molecule has 2 atom stereocenters. The smallest absolute Gasteiger partial charge is 0.241 e. The van der Waals surface area contributed by atoms with Crippen LogP contribution in [-0.4, -0.2) is 42.0 Å². The molecule has 1 aromatic heterocycles. The molecule has 2 rings (SSSR count). The summed E-state index contributed by atoms with van der Waals surface area (Å²) in [6.45, 7) is 1.38. The first kappa shape index (κ1) is 14.0. The molecule has 1 aromatic rings. The molecule has 1 aliphatic rings. The Bertz CT molecular complexity index is 413. The largest absolute Gasteiger partial charge is 0.376 e. The number of hydrogen-bond acceptors (Lipinski definition) is 4. The van der Waals surface area contributed by atoms with Gasteiger partial charge in [0.15, 0.2) is 0 Å². The number of nitrogens with zero attached hydrogens (tertiary/aromatic N) is 2. The zero-order valence-corrected chi connectivity index (χ0v) is 11.6. The zero-order chi connectivity index (χ0) is 13.7. The average Bonchev–Trinajstić information content (AvgIpc) is 2.85. The van der Waals surface area contributed by atoms with Crippen molar-refractivity contribution in [2.24, 2.45) is 7.05 Å². The lowest BCUT2D eigenvalue weighted by Crippen LogP contribution is -2.41. The van der Waals surface area contributed by atoms with Gasteiger partial charge in [0.2, 0.25) is 5.91 Å². The number of likely N-dealkylation sites (N-methyl/N-ethyl adjacent to an activating group) is 1. The van der Waals surface area contributed by atoms with E-state index in [1.54, 1.807) is 17.9 Å². The molecular weight excluding hydrogens is 244 g/mol. The standard InChI is InChI=1S/C13H22N4O2/c1-14-12(10-7-16-17(2)9-10)13(18)15-8-11-5-3-4-6-19-11/h7,9,11-12,14H,3-6,8H2,1-2H3,(H,15,18). The summed E-state index contributed by atoms with van der Waals surface area (Å²) in [5.41, 5.74) is 0.868. The van der Waals surface area contributed by atoms with Gasteiger partial charge in [-0.1, -0.05) is 0 Å². The zero-order valence-electron chi connectivity index (χ0n) is 11.6. The second-order valence-electron chi connectivity index (χ2n) is 4.90. The molecule has 106 valence electrons. The molecule has 0 bridgehead atoms. The highest BCUT2D eigenvalue weighted by molar-refractivity contribution is 5.83. The molecule has 1 amide bonds. The summed E-state index contributed by atoms with van der Waals surface area (Å²) in [7, 11) is 3.61. The van der Waals surface area contributed by atoms with E-state index in [-0.39, 0.29) is 18.1 Å². The maximum atomic E-state index is 12.2. The van der Waals surface area contributed by atoms with E-state index < -0.39 is 0 Å². The minimum atomic E-state index is -0.364. The van der Waals surface area contributed by atoms with E-state index >= 15 is 0 Å². The highest BCUT2D eigenvalue weighted by atomic mass is 16.5. The van der Waals surface area contributed by atoms with Gasteiger partial charge in [0.25, 0.3) is 0 Å². The van der Waals surface area contributed by atoms with Crippen molar-refractivity contribution >= 4 is 5.91 Å². The Hall–Kier alpha value is -1.40. The van der Waals surface area contributed by atoms with Crippen molar-refractivity contribution in [3.05, 3.63) is 18.0 Å². The van der Waals surface area contributed by atoms with Crippen molar-refractivity contribution in [1.29, 1.82) is 0 Å². The van der Waals surface area contributed by atoms with Crippen molar-refractivity contribution in [1.82, 2.24) is 20.4 Å². The van der Waals surface area contributed by atoms with Crippen molar-refractivity contribution < 1.29 is 9.53 Å². The molecule has 0 aromatic carbocycles. The van der Waals surface area contributed by atoms with Crippen LogP contribution in [0.25, 0.3) is 0 Å². The third-order valence-electron chi connectivity index (χ3n) is 3.39. The number of rotatable bonds is 5. The molecule has 6 heteroatoms. The summed E-state index contributed by atoms with van der Waals surface area (Å²) in [5.74, 6) is -0.0373. The number of aryl methyl sites for hydroxylation is 1. The van der Waals surface area contributed by atoms with Crippen LogP contribution in [0.2, 0.25) is 0 Å². The molecule has 0 saturated carbocycles. The quantitative estimate of drug-likeness (QED) is 0.808. The first-order valence-electron chi connectivity index (χ1n) is 6.76. The number of carbonyl (C=O) groups excluding carboxylic acids is 1. The van der Waals surface area contributed by atoms with Crippen LogP contribution >= 0.6 is 0 Å². The van der Waals surface area contributed by atoms with Gasteiger partial charge < -0.3 is 15.4 Å². The summed E-state index contributed by atoms with van der Waals surface area (Å²) >= 11 is 0. The average molecular weight is 266 g/mol. The number of ether oxygens (including phenoxy) is 1. The Labute approximate surface area is 113 Å². The molecule has 6 nitrogen and oxygen atoms in total. The molecule has 2 unspecified atom stereocenters. The predicted octanol–water partition coefficient (Wildman–Crippen LogP) is 0.366. The summed E-state index contributed by atoms with van der Waals surface area (Å²) in [6.07, 6.45) is 7.04. The Morgan fingerprint density at radius 2 is 2.47 bits per heavy atom. The van der Waals surface area contributed by atoms with Crippen LogP contribution < -0.4 is 10.6 Å². The fourth-order valence-electron chi connectivity index (χ4n) is 2.32. The number of hydrogen-bond donors (Lipinski definition) is 2. The Kier molecular flexibility index (Phi) is 4.93. The third-order valence-corrected chi connectivity index (χ3v) is 3.39. The predicted molar refractivity (Wildman–Crippen MR) is 71.6 cm³/mol. The van der Waals surface area contributed by atoms with Gasteiger partial charge in [-0.15, -0.1) is 0 Å². The van der Waals surface area contributed by atoms with E-state index in [1.165, 1.54) is 6.42 Å². The first-order valence-corrected chi connectivity index (χ1v) is 6.76. The van der Waals surface area contributed by atoms with Crippen molar-refractivity contribution in [2.45, 2.75) is 31.4 Å². The van der Waals surface area contributed by atoms with Crippen molar-refractivity contribution in [3.63, 3.8) is 0 Å². The van der Waals surface area contributed by atoms with Gasteiger partial charge in [-0.2, -0.15) is 5.10 Å². The van der Waals surface area contributed by atoms with Crippen LogP contribution in [0.15, 0.2) is 12.4 Å². The van der Waals surface area contributed by atoms with Crippen LogP contribution in [0.4, 0.5) is 0 Å². The summed E-state index contributed by atoms with van der Waals surface area (Å²) < 4.78 is 7.29. The van der Waals surface area contributed by atoms with E-state index in [1.807, 2.05) is 13.2 Å². The number of aromatic nitrogens is 2. The lowest BCUT2D eigenvalue weighted by atomic mass is 10.1. The fourth-order valence-corrected chi connectivity index (χ4v) is 2.32. The van der Waals surface area contributed by atoms with Crippen LogP contribution in [0.5, 0.6) is 0 Å². The lowest BCUT2D eigenvalue weighted by molar-refractivity contribution is -0.124. The monoisotopic (exact) mass is 266 g/mol. The number of amides is 1. The van der Waals surface area contributed by atoms with Crippen LogP contribution in [0.1, 0.15) is 30.9 Å². The van der Waals surface area contributed by atoms with Crippen molar-refractivity contribution in [2.75, 3.05) is 20.2 Å². The van der Waals surface area contributed by atoms with Gasteiger partial charge in [-0.3, -0.25) is 9.48 Å². The molecule has 0 radical (unpaired) electrons. The molecule has 1 fully saturated rings. The van der Waals surface area contributed by atoms with Gasteiger partial charge in [-0.05, 0) is 26.3 Å². The third kappa shape index (κ3) is 3.78. The maximum Gasteiger partial charge on any atom is 0.241 e.